The minimum Gasteiger partial charge on any atom is -0.501 e. The molecule has 2 aromatic heterocycles. The average molecular weight is 375 g/mol. The second-order valence-electron chi connectivity index (χ2n) is 5.84. The maximum absolute atomic E-state index is 12.7. The molecule has 1 amide bonds. The van der Waals surface area contributed by atoms with E-state index in [-0.39, 0.29) is 11.6 Å². The molecule has 0 bridgehead atoms. The van der Waals surface area contributed by atoms with Crippen molar-refractivity contribution in [3.63, 3.8) is 0 Å². The molecule has 0 aliphatic heterocycles. The van der Waals surface area contributed by atoms with Gasteiger partial charge in [-0.3, -0.25) is 9.78 Å². The molecule has 142 valence electrons. The van der Waals surface area contributed by atoms with E-state index >= 15 is 0 Å². The van der Waals surface area contributed by atoms with Crippen LogP contribution in [-0.2, 0) is 11.3 Å². The number of carbonyl (C=O) groups excluding carboxylic acids is 1. The van der Waals surface area contributed by atoms with E-state index in [9.17, 15) is 4.79 Å². The van der Waals surface area contributed by atoms with Crippen LogP contribution in [0.5, 0.6) is 5.75 Å². The molecular weight excluding hydrogens is 354 g/mol. The molecule has 0 unspecified atom stereocenters. The Morgan fingerprint density at radius 3 is 2.82 bits per heavy atom. The number of rotatable bonds is 8. The fourth-order valence-electron chi connectivity index (χ4n) is 2.44. The van der Waals surface area contributed by atoms with Crippen LogP contribution in [0.25, 0.3) is 6.08 Å². The zero-order chi connectivity index (χ0) is 19.6. The van der Waals surface area contributed by atoms with Crippen LogP contribution in [0, 0.1) is 0 Å². The summed E-state index contributed by atoms with van der Waals surface area (Å²) in [4.78, 5) is 21.0. The van der Waals surface area contributed by atoms with E-state index in [1.807, 2.05) is 37.3 Å². The molecule has 0 saturated heterocycles. The fraction of sp³-hybridized carbons (Fsp3) is 0.136. The van der Waals surface area contributed by atoms with Crippen LogP contribution in [0.15, 0.2) is 73.4 Å². The van der Waals surface area contributed by atoms with Crippen molar-refractivity contribution in [2.45, 2.75) is 13.5 Å². The third-order valence-corrected chi connectivity index (χ3v) is 3.76. The third-order valence-electron chi connectivity index (χ3n) is 3.76. The van der Waals surface area contributed by atoms with E-state index in [4.69, 9.17) is 9.47 Å². The quantitative estimate of drug-likeness (QED) is 0.594. The van der Waals surface area contributed by atoms with Crippen molar-refractivity contribution in [1.82, 2.24) is 9.97 Å². The monoisotopic (exact) mass is 375 g/mol. The number of hydrogen-bond acceptors (Lipinski definition) is 5. The van der Waals surface area contributed by atoms with Crippen LogP contribution >= 0.6 is 0 Å². The highest BCUT2D eigenvalue weighted by atomic mass is 16.5. The summed E-state index contributed by atoms with van der Waals surface area (Å²) in [6, 6.07) is 15.0. The van der Waals surface area contributed by atoms with Crippen LogP contribution in [0.3, 0.4) is 0 Å². The average Bonchev–Trinajstić information content (AvgIpc) is 2.74. The van der Waals surface area contributed by atoms with Crippen molar-refractivity contribution in [3.8, 4) is 5.75 Å². The van der Waals surface area contributed by atoms with Gasteiger partial charge in [0.15, 0.2) is 11.4 Å². The number of ether oxygens (including phenoxy) is 2. The topological polar surface area (TPSA) is 73.3 Å². The van der Waals surface area contributed by atoms with Gasteiger partial charge in [0.2, 0.25) is 0 Å². The van der Waals surface area contributed by atoms with Gasteiger partial charge in [-0.25, -0.2) is 4.98 Å². The number of carbonyl (C=O) groups is 1. The maximum atomic E-state index is 12.7. The number of hydrogen-bond donors (Lipinski definition) is 1. The van der Waals surface area contributed by atoms with E-state index in [1.165, 1.54) is 0 Å². The molecule has 0 aliphatic rings. The van der Waals surface area contributed by atoms with E-state index in [0.29, 0.717) is 24.7 Å². The number of amides is 1. The lowest BCUT2D eigenvalue weighted by atomic mass is 10.2. The van der Waals surface area contributed by atoms with Crippen molar-refractivity contribution >= 4 is 17.7 Å². The number of nitrogens with zero attached hydrogens (tertiary/aromatic N) is 2. The summed E-state index contributed by atoms with van der Waals surface area (Å²) in [5, 5.41) is 2.81. The summed E-state index contributed by atoms with van der Waals surface area (Å²) < 4.78 is 11.0. The van der Waals surface area contributed by atoms with Gasteiger partial charge in [0.25, 0.3) is 5.91 Å². The van der Waals surface area contributed by atoms with E-state index in [1.54, 1.807) is 49.1 Å². The minimum atomic E-state index is -0.364. The molecule has 0 aliphatic carbocycles. The zero-order valence-electron chi connectivity index (χ0n) is 15.5. The molecule has 0 saturated carbocycles. The van der Waals surface area contributed by atoms with Gasteiger partial charge in [0, 0.05) is 12.4 Å². The van der Waals surface area contributed by atoms with Gasteiger partial charge in [-0.1, -0.05) is 30.3 Å². The smallest absolute Gasteiger partial charge is 0.278 e. The highest BCUT2D eigenvalue weighted by Crippen LogP contribution is 2.19. The molecule has 0 radical (unpaired) electrons. The van der Waals surface area contributed by atoms with Gasteiger partial charge in [0.05, 0.1) is 24.8 Å². The van der Waals surface area contributed by atoms with Crippen LogP contribution in [-0.4, -0.2) is 22.5 Å². The van der Waals surface area contributed by atoms with Gasteiger partial charge in [-0.2, -0.15) is 0 Å². The Morgan fingerprint density at radius 1 is 1.14 bits per heavy atom. The Hall–Kier alpha value is -3.67. The molecule has 1 N–H and O–H groups in total. The standard InChI is InChI=1S/C22H21N3O3/c1-2-27-12-10-18-13-19(15-23-14-18)25-22(26)21-20(9-6-11-24-21)28-16-17-7-4-3-5-8-17/h3-15H,2,16H2,1H3,(H,25,26)/b12-10+. The Labute approximate surface area is 163 Å². The predicted molar refractivity (Wildman–Crippen MR) is 108 cm³/mol. The molecule has 0 spiro atoms. The first-order valence-corrected chi connectivity index (χ1v) is 8.92. The van der Waals surface area contributed by atoms with Gasteiger partial charge in [-0.15, -0.1) is 0 Å². The highest BCUT2D eigenvalue weighted by Gasteiger charge is 2.14. The molecule has 0 atom stereocenters. The van der Waals surface area contributed by atoms with Crippen LogP contribution in [0.4, 0.5) is 5.69 Å². The Bertz CT molecular complexity index is 943. The molecule has 0 fully saturated rings. The second kappa shape index (κ2) is 9.87. The SMILES string of the molecule is CCO/C=C/c1cncc(NC(=O)c2ncccc2OCc2ccccc2)c1. The van der Waals surface area contributed by atoms with Crippen LogP contribution < -0.4 is 10.1 Å². The molecule has 6 heteroatoms. The Balaban J connectivity index is 1.70. The summed E-state index contributed by atoms with van der Waals surface area (Å²) in [6.07, 6.45) is 8.19. The summed E-state index contributed by atoms with van der Waals surface area (Å²) in [5.41, 5.74) is 2.60. The molecule has 28 heavy (non-hydrogen) atoms. The van der Waals surface area contributed by atoms with Crippen LogP contribution in [0.2, 0.25) is 0 Å². The highest BCUT2D eigenvalue weighted by molar-refractivity contribution is 6.04. The van der Waals surface area contributed by atoms with Gasteiger partial charge in [-0.05, 0) is 42.3 Å². The molecule has 3 aromatic rings. The second-order valence-corrected chi connectivity index (χ2v) is 5.84. The first-order valence-electron chi connectivity index (χ1n) is 8.92. The van der Waals surface area contributed by atoms with Crippen molar-refractivity contribution < 1.29 is 14.3 Å². The van der Waals surface area contributed by atoms with Gasteiger partial charge < -0.3 is 14.8 Å². The fourth-order valence-corrected chi connectivity index (χ4v) is 2.44. The van der Waals surface area contributed by atoms with Crippen LogP contribution in [0.1, 0.15) is 28.5 Å². The summed E-state index contributed by atoms with van der Waals surface area (Å²) in [5.74, 6) is 0.0561. The number of anilines is 1. The van der Waals surface area contributed by atoms with Crippen molar-refractivity contribution in [2.24, 2.45) is 0 Å². The largest absolute Gasteiger partial charge is 0.501 e. The zero-order valence-corrected chi connectivity index (χ0v) is 15.5. The number of aromatic nitrogens is 2. The van der Waals surface area contributed by atoms with E-state index < -0.39 is 0 Å². The van der Waals surface area contributed by atoms with Crippen molar-refractivity contribution in [3.05, 3.63) is 90.2 Å². The molecule has 1 aromatic carbocycles. The summed E-state index contributed by atoms with van der Waals surface area (Å²) >= 11 is 0. The third kappa shape index (κ3) is 5.41. The lowest BCUT2D eigenvalue weighted by Gasteiger charge is -2.11. The predicted octanol–water partition coefficient (Wildman–Crippen LogP) is 4.32. The van der Waals surface area contributed by atoms with Gasteiger partial charge in [0.1, 0.15) is 6.61 Å². The number of nitrogens with one attached hydrogen (secondary N) is 1. The van der Waals surface area contributed by atoms with E-state index in [2.05, 4.69) is 15.3 Å². The Morgan fingerprint density at radius 2 is 2.00 bits per heavy atom. The first-order chi connectivity index (χ1) is 13.8. The summed E-state index contributed by atoms with van der Waals surface area (Å²) in [7, 11) is 0. The Kier molecular flexibility index (Phi) is 6.73. The molecule has 6 nitrogen and oxygen atoms in total. The normalized spacial score (nSPS) is 10.6. The molecule has 2 heterocycles. The van der Waals surface area contributed by atoms with Gasteiger partial charge >= 0.3 is 0 Å². The minimum absolute atomic E-state index is 0.216. The number of pyridine rings is 2. The van der Waals surface area contributed by atoms with E-state index in [0.717, 1.165) is 11.1 Å². The first kappa shape index (κ1) is 19.1. The lowest BCUT2D eigenvalue weighted by molar-refractivity contribution is 0.101. The molecule has 3 rings (SSSR count). The number of benzene rings is 1. The molecular formula is C22H21N3O3. The van der Waals surface area contributed by atoms with Crippen molar-refractivity contribution in [2.75, 3.05) is 11.9 Å². The summed E-state index contributed by atoms with van der Waals surface area (Å²) in [6.45, 7) is 2.85. The van der Waals surface area contributed by atoms with Crippen molar-refractivity contribution in [1.29, 1.82) is 0 Å². The maximum Gasteiger partial charge on any atom is 0.278 e. The lowest BCUT2D eigenvalue weighted by Crippen LogP contribution is -2.15.